The highest BCUT2D eigenvalue weighted by Crippen LogP contribution is 2.10. The van der Waals surface area contributed by atoms with Gasteiger partial charge in [-0.05, 0) is 0 Å². The first-order valence-corrected chi connectivity index (χ1v) is 5.09. The molecule has 2 rings (SSSR count). The van der Waals surface area contributed by atoms with Crippen LogP contribution in [0.2, 0.25) is 0 Å². The fourth-order valence-electron chi connectivity index (χ4n) is 1.29. The van der Waals surface area contributed by atoms with E-state index < -0.39 is 0 Å². The van der Waals surface area contributed by atoms with Crippen LogP contribution >= 0.6 is 0 Å². The van der Waals surface area contributed by atoms with E-state index in [1.165, 1.54) is 7.11 Å². The third-order valence-electron chi connectivity index (χ3n) is 2.12. The van der Waals surface area contributed by atoms with Crippen molar-refractivity contribution >= 4 is 18.1 Å². The molecule has 1 aliphatic heterocycles. The smallest absolute Gasteiger partial charge is 0.253 e. The van der Waals surface area contributed by atoms with Crippen molar-refractivity contribution in [2.75, 3.05) is 7.11 Å². The molecule has 0 spiro atoms. The second kappa shape index (κ2) is 6.55. The highest BCUT2D eigenvalue weighted by molar-refractivity contribution is 6.00. The topological polar surface area (TPSA) is 63.7 Å². The first-order valence-electron chi connectivity index (χ1n) is 5.09. The van der Waals surface area contributed by atoms with E-state index in [-0.39, 0.29) is 24.7 Å². The lowest BCUT2D eigenvalue weighted by molar-refractivity contribution is -0.179. The maximum Gasteiger partial charge on any atom is 0.253 e. The van der Waals surface area contributed by atoms with Crippen molar-refractivity contribution in [3.05, 3.63) is 35.9 Å². The largest absolute Gasteiger partial charge is 0.298 e. The first-order chi connectivity index (χ1) is 8.19. The van der Waals surface area contributed by atoms with Gasteiger partial charge in [0.2, 0.25) is 0 Å². The van der Waals surface area contributed by atoms with E-state index in [0.29, 0.717) is 0 Å². The summed E-state index contributed by atoms with van der Waals surface area (Å²) in [5.74, 6) is -0.495. The molecule has 1 aromatic rings. The molecule has 1 fully saturated rings. The predicted octanol–water partition coefficient (Wildman–Crippen LogP) is 1.20. The molecule has 0 unspecified atom stereocenters. The molecule has 90 valence electrons. The maximum atomic E-state index is 10.6. The Kier molecular flexibility index (Phi) is 5.03. The van der Waals surface area contributed by atoms with E-state index in [1.54, 1.807) is 12.1 Å². The Hall–Kier alpha value is -2.01. The number of nitrogens with zero attached hydrogens (tertiary/aromatic N) is 1. The molecule has 0 radical (unpaired) electrons. The standard InChI is InChI=1S/C7H6O.C5H7NO3/c8-6-7-4-2-1-3-5-7;1-9-6-4(7)2-3-5(6)8/h1-6H;2-3H2,1H3. The van der Waals surface area contributed by atoms with Crippen molar-refractivity contribution in [1.82, 2.24) is 5.06 Å². The van der Waals surface area contributed by atoms with Crippen LogP contribution in [0.3, 0.4) is 0 Å². The van der Waals surface area contributed by atoms with Gasteiger partial charge in [0, 0.05) is 18.4 Å². The molecule has 5 heteroatoms. The monoisotopic (exact) mass is 235 g/mol. The molecular formula is C12H13NO4. The lowest BCUT2D eigenvalue weighted by atomic mass is 10.2. The minimum atomic E-state index is -0.248. The Morgan fingerprint density at radius 3 is 1.94 bits per heavy atom. The Bertz CT molecular complexity index is 386. The van der Waals surface area contributed by atoms with E-state index in [1.807, 2.05) is 18.2 Å². The molecule has 0 saturated carbocycles. The van der Waals surface area contributed by atoms with Gasteiger partial charge in [-0.1, -0.05) is 30.3 Å². The van der Waals surface area contributed by atoms with Crippen LogP contribution in [-0.4, -0.2) is 30.3 Å². The molecule has 0 N–H and O–H groups in total. The molecule has 0 bridgehead atoms. The predicted molar refractivity (Wildman–Crippen MR) is 59.9 cm³/mol. The highest BCUT2D eigenvalue weighted by Gasteiger charge is 2.28. The zero-order valence-corrected chi connectivity index (χ0v) is 9.46. The second-order valence-electron chi connectivity index (χ2n) is 3.29. The van der Waals surface area contributed by atoms with Crippen molar-refractivity contribution in [1.29, 1.82) is 0 Å². The molecule has 0 atom stereocenters. The summed E-state index contributed by atoms with van der Waals surface area (Å²) in [5.41, 5.74) is 0.729. The number of hydrogen-bond acceptors (Lipinski definition) is 4. The lowest BCUT2D eigenvalue weighted by Gasteiger charge is -2.07. The van der Waals surface area contributed by atoms with Gasteiger partial charge >= 0.3 is 0 Å². The third kappa shape index (κ3) is 3.81. The quantitative estimate of drug-likeness (QED) is 0.570. The Balaban J connectivity index is 0.000000171. The van der Waals surface area contributed by atoms with Crippen LogP contribution in [0.25, 0.3) is 0 Å². The van der Waals surface area contributed by atoms with Crippen LogP contribution in [-0.2, 0) is 14.4 Å². The summed E-state index contributed by atoms with van der Waals surface area (Å²) in [6.07, 6.45) is 1.40. The van der Waals surface area contributed by atoms with Gasteiger partial charge in [0.25, 0.3) is 11.8 Å². The highest BCUT2D eigenvalue weighted by atomic mass is 16.7. The zero-order chi connectivity index (χ0) is 12.7. The van der Waals surface area contributed by atoms with Gasteiger partial charge in [-0.15, -0.1) is 0 Å². The number of aldehydes is 1. The van der Waals surface area contributed by atoms with Gasteiger partial charge < -0.3 is 0 Å². The molecule has 5 nitrogen and oxygen atoms in total. The van der Waals surface area contributed by atoms with E-state index in [4.69, 9.17) is 0 Å². The van der Waals surface area contributed by atoms with Gasteiger partial charge in [0.15, 0.2) is 0 Å². The van der Waals surface area contributed by atoms with Crippen LogP contribution in [0.5, 0.6) is 0 Å². The fraction of sp³-hybridized carbons (Fsp3) is 0.250. The van der Waals surface area contributed by atoms with Crippen LogP contribution in [0, 0.1) is 0 Å². The zero-order valence-electron chi connectivity index (χ0n) is 9.46. The van der Waals surface area contributed by atoms with Crippen molar-refractivity contribution in [2.24, 2.45) is 0 Å². The number of amides is 2. The fourth-order valence-corrected chi connectivity index (χ4v) is 1.29. The van der Waals surface area contributed by atoms with E-state index >= 15 is 0 Å². The van der Waals surface area contributed by atoms with Crippen LogP contribution in [0.4, 0.5) is 0 Å². The Morgan fingerprint density at radius 1 is 1.12 bits per heavy atom. The van der Waals surface area contributed by atoms with Gasteiger partial charge in [-0.2, -0.15) is 5.06 Å². The van der Waals surface area contributed by atoms with Gasteiger partial charge in [-0.25, -0.2) is 0 Å². The maximum absolute atomic E-state index is 10.6. The molecular weight excluding hydrogens is 222 g/mol. The minimum Gasteiger partial charge on any atom is -0.298 e. The van der Waals surface area contributed by atoms with Gasteiger partial charge in [0.05, 0.1) is 7.11 Å². The van der Waals surface area contributed by atoms with Crippen molar-refractivity contribution in [3.63, 3.8) is 0 Å². The summed E-state index contributed by atoms with van der Waals surface area (Å²) in [6.45, 7) is 0. The lowest BCUT2D eigenvalue weighted by Crippen LogP contribution is -2.27. The molecule has 0 aromatic heterocycles. The minimum absolute atomic E-state index is 0.248. The Morgan fingerprint density at radius 2 is 1.65 bits per heavy atom. The number of benzene rings is 1. The van der Waals surface area contributed by atoms with Gasteiger partial charge in [-0.3, -0.25) is 19.2 Å². The van der Waals surface area contributed by atoms with Crippen molar-refractivity contribution in [2.45, 2.75) is 12.8 Å². The summed E-state index contributed by atoms with van der Waals surface area (Å²) in [7, 11) is 1.31. The van der Waals surface area contributed by atoms with Crippen LogP contribution < -0.4 is 0 Å². The summed E-state index contributed by atoms with van der Waals surface area (Å²) in [5, 5.41) is 0.792. The van der Waals surface area contributed by atoms with Crippen molar-refractivity contribution in [3.8, 4) is 0 Å². The van der Waals surface area contributed by atoms with E-state index in [9.17, 15) is 14.4 Å². The first kappa shape index (κ1) is 13.1. The average Bonchev–Trinajstić information content (AvgIpc) is 2.70. The number of hydroxylamine groups is 2. The van der Waals surface area contributed by atoms with E-state index in [2.05, 4.69) is 4.84 Å². The number of carbonyl (C=O) groups excluding carboxylic acids is 3. The number of carbonyl (C=O) groups is 3. The Labute approximate surface area is 98.9 Å². The average molecular weight is 235 g/mol. The summed E-state index contributed by atoms with van der Waals surface area (Å²) < 4.78 is 0. The summed E-state index contributed by atoms with van der Waals surface area (Å²) in [4.78, 5) is 35.7. The second-order valence-corrected chi connectivity index (χ2v) is 3.29. The molecule has 0 aliphatic carbocycles. The molecule has 17 heavy (non-hydrogen) atoms. The molecule has 1 heterocycles. The number of rotatable bonds is 2. The number of imide groups is 1. The van der Waals surface area contributed by atoms with Crippen LogP contribution in [0.15, 0.2) is 30.3 Å². The third-order valence-corrected chi connectivity index (χ3v) is 2.12. The molecule has 2 amide bonds. The molecule has 1 saturated heterocycles. The molecule has 1 aliphatic rings. The van der Waals surface area contributed by atoms with E-state index in [0.717, 1.165) is 16.9 Å². The number of hydrogen-bond donors (Lipinski definition) is 0. The SMILES string of the molecule is CON1C(=O)CCC1=O.O=Cc1ccccc1. The van der Waals surface area contributed by atoms with Crippen LogP contribution in [0.1, 0.15) is 23.2 Å². The summed E-state index contributed by atoms with van der Waals surface area (Å²) >= 11 is 0. The normalized spacial score (nSPS) is 14.3. The molecule has 1 aromatic carbocycles. The van der Waals surface area contributed by atoms with Crippen molar-refractivity contribution < 1.29 is 19.2 Å². The van der Waals surface area contributed by atoms with Gasteiger partial charge in [0.1, 0.15) is 6.29 Å². The summed E-state index contributed by atoms with van der Waals surface area (Å²) in [6, 6.07) is 9.10.